The summed E-state index contributed by atoms with van der Waals surface area (Å²) in [4.78, 5) is 32.1. The molecule has 0 atom stereocenters. The minimum Gasteiger partial charge on any atom is -0.258 e. The van der Waals surface area contributed by atoms with Crippen molar-refractivity contribution in [1.29, 1.82) is 0 Å². The number of hydrogen-bond donors (Lipinski definition) is 1. The van der Waals surface area contributed by atoms with Gasteiger partial charge in [0, 0.05) is 10.0 Å². The van der Waals surface area contributed by atoms with Crippen LogP contribution in [0.5, 0.6) is 0 Å². The summed E-state index contributed by atoms with van der Waals surface area (Å²) in [6.07, 6.45) is 0. The summed E-state index contributed by atoms with van der Waals surface area (Å²) in [7, 11) is 0. The normalized spacial score (nSPS) is 12.8. The standard InChI is InChI=1S/C19H12BrN7O6/c20-13-8-6-12(7-9-13)19-21-23(14-4-2-1-3-5-14)24(22-19)18-16(26(30)31)10-15(25(28)29)11-17(18)27(32)33/h1-11H,(H,21,22). The molecule has 13 nitrogen and oxygen atoms in total. The van der Waals surface area contributed by atoms with Crippen LogP contribution in [0.3, 0.4) is 0 Å². The number of halogens is 1. The van der Waals surface area contributed by atoms with Crippen LogP contribution < -0.4 is 15.7 Å². The first-order chi connectivity index (χ1) is 15.8. The highest BCUT2D eigenvalue weighted by Gasteiger charge is 2.40. The molecule has 166 valence electrons. The molecule has 0 spiro atoms. The molecule has 0 unspecified atom stereocenters. The molecule has 33 heavy (non-hydrogen) atoms. The molecule has 0 radical (unpaired) electrons. The highest BCUT2D eigenvalue weighted by molar-refractivity contribution is 9.10. The largest absolute Gasteiger partial charge is 0.310 e. The number of anilines is 2. The molecular weight excluding hydrogens is 502 g/mol. The number of hydrazone groups is 1. The van der Waals surface area contributed by atoms with E-state index in [0.29, 0.717) is 23.4 Å². The molecular formula is C19H12BrN7O6. The molecule has 0 aliphatic carbocycles. The third-order valence-corrected chi connectivity index (χ3v) is 5.10. The van der Waals surface area contributed by atoms with Gasteiger partial charge in [-0.3, -0.25) is 35.8 Å². The minimum absolute atomic E-state index is 0.244. The van der Waals surface area contributed by atoms with Crippen molar-refractivity contribution < 1.29 is 14.8 Å². The van der Waals surface area contributed by atoms with Gasteiger partial charge in [-0.05, 0) is 24.3 Å². The van der Waals surface area contributed by atoms with Gasteiger partial charge in [-0.25, -0.2) is 0 Å². The molecule has 4 rings (SSSR count). The zero-order chi connectivity index (χ0) is 23.7. The zero-order valence-corrected chi connectivity index (χ0v) is 17.9. The van der Waals surface area contributed by atoms with Gasteiger partial charge >= 0.3 is 11.4 Å². The quantitative estimate of drug-likeness (QED) is 0.374. The molecule has 1 aliphatic rings. The summed E-state index contributed by atoms with van der Waals surface area (Å²) in [5, 5.41) is 41.5. The van der Waals surface area contributed by atoms with E-state index in [1.807, 2.05) is 0 Å². The number of hydrogen-bond acceptors (Lipinski definition) is 10. The molecule has 3 aromatic rings. The molecule has 1 N–H and O–H groups in total. The Hall–Kier alpha value is -4.59. The average Bonchev–Trinajstić information content (AvgIpc) is 3.24. The van der Waals surface area contributed by atoms with Crippen molar-refractivity contribution in [2.75, 3.05) is 10.2 Å². The fraction of sp³-hybridized carbons (Fsp3) is 0. The monoisotopic (exact) mass is 513 g/mol. The number of amidine groups is 1. The number of nitro groups is 3. The molecule has 0 bridgehead atoms. The summed E-state index contributed by atoms with van der Waals surface area (Å²) < 4.78 is 0.809. The Morgan fingerprint density at radius 3 is 1.91 bits per heavy atom. The van der Waals surface area contributed by atoms with E-state index >= 15 is 0 Å². The van der Waals surface area contributed by atoms with Crippen LogP contribution in [0, 0.1) is 30.3 Å². The number of nitrogens with one attached hydrogen (secondary N) is 1. The first-order valence-corrected chi connectivity index (χ1v) is 9.93. The molecule has 0 aromatic heterocycles. The second kappa shape index (κ2) is 8.51. The van der Waals surface area contributed by atoms with Crippen LogP contribution in [0.4, 0.5) is 28.4 Å². The predicted octanol–water partition coefficient (Wildman–Crippen LogP) is 4.28. The van der Waals surface area contributed by atoms with Gasteiger partial charge in [0.1, 0.15) is 0 Å². The number of rotatable bonds is 6. The van der Waals surface area contributed by atoms with Crippen LogP contribution in [0.1, 0.15) is 5.56 Å². The minimum atomic E-state index is -0.931. The van der Waals surface area contributed by atoms with Gasteiger partial charge in [-0.2, -0.15) is 10.2 Å². The van der Waals surface area contributed by atoms with Crippen molar-refractivity contribution in [2.45, 2.75) is 0 Å². The topological polar surface area (TPSA) is 160 Å². The lowest BCUT2D eigenvalue weighted by atomic mass is 10.2. The lowest BCUT2D eigenvalue weighted by Crippen LogP contribution is -2.45. The van der Waals surface area contributed by atoms with Crippen LogP contribution in [0.2, 0.25) is 0 Å². The van der Waals surface area contributed by atoms with Gasteiger partial charge in [-0.1, -0.05) is 46.3 Å². The molecule has 0 saturated carbocycles. The van der Waals surface area contributed by atoms with Crippen molar-refractivity contribution in [3.8, 4) is 0 Å². The SMILES string of the molecule is O=[N+]([O-])c1cc([N+](=O)[O-])c(N2NC(c3ccc(Br)cc3)=NN2c2ccccc2)c([N+](=O)[O-])c1. The van der Waals surface area contributed by atoms with Crippen molar-refractivity contribution in [3.05, 3.63) is 107 Å². The number of non-ortho nitro benzene ring substituents is 1. The summed E-state index contributed by atoms with van der Waals surface area (Å²) in [6, 6.07) is 16.7. The fourth-order valence-electron chi connectivity index (χ4n) is 3.12. The van der Waals surface area contributed by atoms with Crippen LogP contribution in [0.15, 0.2) is 76.3 Å². The van der Waals surface area contributed by atoms with E-state index in [-0.39, 0.29) is 5.84 Å². The molecule has 1 aliphatic heterocycles. The molecule has 3 aromatic carbocycles. The Bertz CT molecular complexity index is 1260. The van der Waals surface area contributed by atoms with Gasteiger partial charge < -0.3 is 0 Å². The third kappa shape index (κ3) is 4.14. The summed E-state index contributed by atoms with van der Waals surface area (Å²) in [5.74, 6) is 0.244. The third-order valence-electron chi connectivity index (χ3n) is 4.57. The number of para-hydroxylation sites is 1. The summed E-state index contributed by atoms with van der Waals surface area (Å²) in [6.45, 7) is 0. The molecule has 0 saturated heterocycles. The number of nitrogens with zero attached hydrogens (tertiary/aromatic N) is 6. The summed E-state index contributed by atoms with van der Waals surface area (Å²) in [5.41, 5.74) is 0.895. The Morgan fingerprint density at radius 2 is 1.39 bits per heavy atom. The zero-order valence-electron chi connectivity index (χ0n) is 16.4. The van der Waals surface area contributed by atoms with E-state index in [0.717, 1.165) is 9.59 Å². The van der Waals surface area contributed by atoms with Crippen molar-refractivity contribution >= 4 is 50.2 Å². The van der Waals surface area contributed by atoms with Gasteiger partial charge in [0.25, 0.3) is 5.69 Å². The van der Waals surface area contributed by atoms with Gasteiger partial charge in [0.2, 0.25) is 5.69 Å². The molecule has 14 heteroatoms. The number of benzene rings is 3. The molecule has 1 heterocycles. The second-order valence-corrected chi connectivity index (χ2v) is 7.52. The van der Waals surface area contributed by atoms with E-state index < -0.39 is 37.5 Å². The van der Waals surface area contributed by atoms with E-state index in [1.165, 1.54) is 5.12 Å². The van der Waals surface area contributed by atoms with Crippen LogP contribution in [-0.4, -0.2) is 20.6 Å². The maximum absolute atomic E-state index is 11.8. The van der Waals surface area contributed by atoms with Crippen LogP contribution >= 0.6 is 15.9 Å². The highest BCUT2D eigenvalue weighted by Crippen LogP contribution is 2.42. The second-order valence-electron chi connectivity index (χ2n) is 6.61. The first-order valence-electron chi connectivity index (χ1n) is 9.14. The first kappa shape index (κ1) is 21.6. The number of hydrazine groups is 2. The lowest BCUT2D eigenvalue weighted by molar-refractivity contribution is -0.402. The predicted molar refractivity (Wildman–Crippen MR) is 122 cm³/mol. The van der Waals surface area contributed by atoms with Gasteiger partial charge in [0.05, 0.1) is 32.6 Å². The van der Waals surface area contributed by atoms with Crippen molar-refractivity contribution in [3.63, 3.8) is 0 Å². The van der Waals surface area contributed by atoms with E-state index in [2.05, 4.69) is 26.5 Å². The van der Waals surface area contributed by atoms with Crippen LogP contribution in [0.25, 0.3) is 0 Å². The molecule has 0 fully saturated rings. The Morgan fingerprint density at radius 1 is 0.818 bits per heavy atom. The highest BCUT2D eigenvalue weighted by atomic mass is 79.9. The molecule has 0 amide bonds. The summed E-state index contributed by atoms with van der Waals surface area (Å²) >= 11 is 3.33. The van der Waals surface area contributed by atoms with Crippen molar-refractivity contribution in [1.82, 2.24) is 5.43 Å². The maximum atomic E-state index is 11.8. The van der Waals surface area contributed by atoms with Crippen molar-refractivity contribution in [2.24, 2.45) is 5.10 Å². The van der Waals surface area contributed by atoms with E-state index in [9.17, 15) is 30.3 Å². The Balaban J connectivity index is 1.93. The average molecular weight is 514 g/mol. The lowest BCUT2D eigenvalue weighted by Gasteiger charge is -2.27. The van der Waals surface area contributed by atoms with Crippen LogP contribution in [-0.2, 0) is 0 Å². The smallest absolute Gasteiger partial charge is 0.258 e. The van der Waals surface area contributed by atoms with Gasteiger partial charge in [-0.15, -0.1) is 5.10 Å². The van der Waals surface area contributed by atoms with E-state index in [1.54, 1.807) is 54.6 Å². The number of nitro benzene ring substituents is 3. The van der Waals surface area contributed by atoms with Gasteiger partial charge in [0.15, 0.2) is 5.84 Å². The Kier molecular flexibility index (Phi) is 5.58. The van der Waals surface area contributed by atoms with E-state index in [4.69, 9.17) is 0 Å². The Labute approximate surface area is 193 Å². The maximum Gasteiger partial charge on any atom is 0.310 e. The fourth-order valence-corrected chi connectivity index (χ4v) is 3.38.